The molecule has 6 heteroatoms. The van der Waals surface area contributed by atoms with Gasteiger partial charge in [-0.15, -0.1) is 0 Å². The molecule has 0 spiro atoms. The molecule has 0 fully saturated rings. The lowest BCUT2D eigenvalue weighted by molar-refractivity contribution is -0.119. The molecule has 0 aliphatic heterocycles. The van der Waals surface area contributed by atoms with Gasteiger partial charge in [-0.3, -0.25) is 0 Å². The average molecular weight is 321 g/mol. The first-order chi connectivity index (χ1) is 10.5. The first-order valence-corrected chi connectivity index (χ1v) is 8.53. The van der Waals surface area contributed by atoms with Crippen molar-refractivity contribution in [1.82, 2.24) is 4.90 Å². The summed E-state index contributed by atoms with van der Waals surface area (Å²) in [5, 5.41) is 47.4. The van der Waals surface area contributed by atoms with Gasteiger partial charge in [0.05, 0.1) is 12.7 Å². The number of unbranched alkanes of at least 4 members (excludes halogenated alkanes) is 5. The highest BCUT2D eigenvalue weighted by molar-refractivity contribution is 4.82. The lowest BCUT2D eigenvalue weighted by Gasteiger charge is -2.29. The number of aliphatic hydroxyl groups excluding tert-OH is 5. The van der Waals surface area contributed by atoms with Gasteiger partial charge in [-0.25, -0.2) is 0 Å². The minimum Gasteiger partial charge on any atom is -0.394 e. The van der Waals surface area contributed by atoms with Crippen molar-refractivity contribution in [2.75, 3.05) is 26.2 Å². The van der Waals surface area contributed by atoms with Crippen LogP contribution in [0.3, 0.4) is 0 Å². The van der Waals surface area contributed by atoms with E-state index in [9.17, 15) is 20.4 Å². The van der Waals surface area contributed by atoms with Crippen LogP contribution >= 0.6 is 0 Å². The van der Waals surface area contributed by atoms with Gasteiger partial charge in [-0.2, -0.15) is 0 Å². The molecule has 0 aromatic rings. The maximum absolute atomic E-state index is 9.96. The lowest BCUT2D eigenvalue weighted by atomic mass is 10.0. The molecule has 0 aromatic carbocycles. The van der Waals surface area contributed by atoms with Crippen molar-refractivity contribution in [2.24, 2.45) is 0 Å². The number of likely N-dealkylation sites (N-methyl/N-ethyl adjacent to an activating group) is 1. The van der Waals surface area contributed by atoms with Gasteiger partial charge in [0, 0.05) is 6.54 Å². The highest BCUT2D eigenvalue weighted by atomic mass is 16.4. The Kier molecular flexibility index (Phi) is 13.1. The van der Waals surface area contributed by atoms with Crippen molar-refractivity contribution < 1.29 is 25.5 Å². The average Bonchev–Trinajstić information content (AvgIpc) is 2.54. The molecule has 0 bridgehead atoms. The van der Waals surface area contributed by atoms with Crippen molar-refractivity contribution in [2.45, 2.75) is 76.8 Å². The van der Waals surface area contributed by atoms with E-state index in [1.807, 2.05) is 11.8 Å². The molecule has 4 atom stereocenters. The fraction of sp³-hybridized carbons (Fsp3) is 1.00. The summed E-state index contributed by atoms with van der Waals surface area (Å²) in [5.74, 6) is 0. The number of rotatable bonds is 14. The molecule has 0 heterocycles. The third kappa shape index (κ3) is 9.02. The summed E-state index contributed by atoms with van der Waals surface area (Å²) >= 11 is 0. The van der Waals surface area contributed by atoms with Crippen LogP contribution in [0.15, 0.2) is 0 Å². The van der Waals surface area contributed by atoms with E-state index in [0.717, 1.165) is 25.9 Å². The molecular formula is C16H35NO5. The summed E-state index contributed by atoms with van der Waals surface area (Å²) in [6.07, 6.45) is 1.56. The Hall–Kier alpha value is -0.240. The Balaban J connectivity index is 4.03. The monoisotopic (exact) mass is 321 g/mol. The predicted octanol–water partition coefficient (Wildman–Crippen LogP) is 0.105. The van der Waals surface area contributed by atoms with Gasteiger partial charge in [0.2, 0.25) is 0 Å². The zero-order valence-electron chi connectivity index (χ0n) is 14.1. The first kappa shape index (κ1) is 21.8. The molecule has 0 amide bonds. The van der Waals surface area contributed by atoms with Crippen LogP contribution in [0, 0.1) is 0 Å². The van der Waals surface area contributed by atoms with Crippen LogP contribution in [-0.4, -0.2) is 81.1 Å². The van der Waals surface area contributed by atoms with Gasteiger partial charge < -0.3 is 30.4 Å². The van der Waals surface area contributed by atoms with E-state index >= 15 is 0 Å². The molecule has 0 saturated carbocycles. The fourth-order valence-electron chi connectivity index (χ4n) is 2.43. The molecule has 0 saturated heterocycles. The summed E-state index contributed by atoms with van der Waals surface area (Å²) in [4.78, 5) is 2.02. The van der Waals surface area contributed by atoms with Crippen LogP contribution in [0.5, 0.6) is 0 Å². The van der Waals surface area contributed by atoms with Crippen molar-refractivity contribution in [3.05, 3.63) is 0 Å². The Bertz CT molecular complexity index is 255. The van der Waals surface area contributed by atoms with Gasteiger partial charge in [0.25, 0.3) is 0 Å². The van der Waals surface area contributed by atoms with Crippen LogP contribution in [0.4, 0.5) is 0 Å². The molecule has 22 heavy (non-hydrogen) atoms. The quantitative estimate of drug-likeness (QED) is 0.291. The highest BCUT2D eigenvalue weighted by Crippen LogP contribution is 2.09. The summed E-state index contributed by atoms with van der Waals surface area (Å²) in [6.45, 7) is 5.34. The van der Waals surface area contributed by atoms with Gasteiger partial charge in [0.15, 0.2) is 0 Å². The highest BCUT2D eigenvalue weighted by Gasteiger charge is 2.30. The molecule has 0 radical (unpaired) electrons. The van der Waals surface area contributed by atoms with Crippen LogP contribution in [0.2, 0.25) is 0 Å². The van der Waals surface area contributed by atoms with E-state index in [4.69, 9.17) is 5.11 Å². The molecule has 0 aliphatic carbocycles. The van der Waals surface area contributed by atoms with Crippen LogP contribution in [0.25, 0.3) is 0 Å². The Morgan fingerprint density at radius 1 is 0.773 bits per heavy atom. The van der Waals surface area contributed by atoms with Crippen molar-refractivity contribution >= 4 is 0 Å². The van der Waals surface area contributed by atoms with Gasteiger partial charge in [0.1, 0.15) is 18.3 Å². The Morgan fingerprint density at radius 3 is 1.86 bits per heavy atom. The third-order valence-electron chi connectivity index (χ3n) is 4.05. The standard InChI is InChI=1S/C16H35NO5/c1-3-5-6-7-8-9-10-17(4-2)11-13(19)15(21)16(22)14(20)12-18/h13-16,18-22H,3-12H2,1-2H3. The van der Waals surface area contributed by atoms with E-state index < -0.39 is 31.0 Å². The summed E-state index contributed by atoms with van der Waals surface area (Å²) in [5.41, 5.74) is 0. The molecule has 0 aliphatic rings. The smallest absolute Gasteiger partial charge is 0.111 e. The van der Waals surface area contributed by atoms with Crippen molar-refractivity contribution in [3.8, 4) is 0 Å². The zero-order chi connectivity index (χ0) is 17.0. The second-order valence-electron chi connectivity index (χ2n) is 5.96. The number of hydrogen-bond acceptors (Lipinski definition) is 6. The zero-order valence-corrected chi connectivity index (χ0v) is 14.1. The van der Waals surface area contributed by atoms with E-state index in [-0.39, 0.29) is 6.54 Å². The van der Waals surface area contributed by atoms with Gasteiger partial charge >= 0.3 is 0 Å². The largest absolute Gasteiger partial charge is 0.394 e. The first-order valence-electron chi connectivity index (χ1n) is 8.53. The van der Waals surface area contributed by atoms with E-state index in [1.54, 1.807) is 0 Å². The van der Waals surface area contributed by atoms with Crippen LogP contribution in [0.1, 0.15) is 52.4 Å². The minimum atomic E-state index is -1.55. The van der Waals surface area contributed by atoms with E-state index in [1.165, 1.54) is 25.7 Å². The van der Waals surface area contributed by atoms with Gasteiger partial charge in [-0.1, -0.05) is 46.0 Å². The molecule has 0 rings (SSSR count). The van der Waals surface area contributed by atoms with Crippen LogP contribution in [-0.2, 0) is 0 Å². The topological polar surface area (TPSA) is 104 Å². The predicted molar refractivity (Wildman–Crippen MR) is 86.6 cm³/mol. The third-order valence-corrected chi connectivity index (χ3v) is 4.05. The van der Waals surface area contributed by atoms with E-state index in [0.29, 0.717) is 0 Å². The van der Waals surface area contributed by atoms with Crippen molar-refractivity contribution in [1.29, 1.82) is 0 Å². The summed E-state index contributed by atoms with van der Waals surface area (Å²) in [7, 11) is 0. The maximum atomic E-state index is 9.96. The Morgan fingerprint density at radius 2 is 1.32 bits per heavy atom. The van der Waals surface area contributed by atoms with E-state index in [2.05, 4.69) is 6.92 Å². The maximum Gasteiger partial charge on any atom is 0.111 e. The van der Waals surface area contributed by atoms with Crippen molar-refractivity contribution in [3.63, 3.8) is 0 Å². The fourth-order valence-corrected chi connectivity index (χ4v) is 2.43. The molecular weight excluding hydrogens is 286 g/mol. The number of nitrogens with zero attached hydrogens (tertiary/aromatic N) is 1. The summed E-state index contributed by atoms with van der Waals surface area (Å²) in [6, 6.07) is 0. The lowest BCUT2D eigenvalue weighted by Crippen LogP contribution is -2.49. The second-order valence-corrected chi connectivity index (χ2v) is 5.96. The minimum absolute atomic E-state index is 0.238. The Labute approximate surface area is 134 Å². The molecule has 0 aromatic heterocycles. The molecule has 134 valence electrons. The molecule has 6 nitrogen and oxygen atoms in total. The normalized spacial score (nSPS) is 17.5. The van der Waals surface area contributed by atoms with Gasteiger partial charge in [-0.05, 0) is 19.5 Å². The number of aliphatic hydroxyl groups is 5. The molecule has 4 unspecified atom stereocenters. The van der Waals surface area contributed by atoms with Crippen LogP contribution < -0.4 is 0 Å². The second kappa shape index (κ2) is 13.2. The molecule has 5 N–H and O–H groups in total. The summed E-state index contributed by atoms with van der Waals surface area (Å²) < 4.78 is 0. The SMILES string of the molecule is CCCCCCCCN(CC)CC(O)C(O)C(O)C(O)CO. The number of hydrogen-bond donors (Lipinski definition) is 5.